The second kappa shape index (κ2) is 11.5. The zero-order valence-corrected chi connectivity index (χ0v) is 13.2. The molecule has 0 saturated carbocycles. The largest absolute Gasteiger partial charge is 0.492 e. The topological polar surface area (TPSA) is 45.7 Å². The van der Waals surface area contributed by atoms with E-state index in [1.54, 1.807) is 0 Å². The molecule has 0 spiro atoms. The first-order valence-corrected chi connectivity index (χ1v) is 8.45. The average molecular weight is 295 g/mol. The van der Waals surface area contributed by atoms with Crippen LogP contribution in [0, 0.1) is 0 Å². The monoisotopic (exact) mass is 295 g/mol. The molecule has 2 N–H and O–H groups in total. The number of guanidine groups is 1. The number of nitrogens with zero attached hydrogens (tertiary/aromatic N) is 1. The van der Waals surface area contributed by atoms with Crippen molar-refractivity contribution in [3.05, 3.63) is 30.3 Å². The summed E-state index contributed by atoms with van der Waals surface area (Å²) < 4.78 is 5.63. The molecular formula is C15H25N3OS. The second-order valence-electron chi connectivity index (χ2n) is 4.20. The Morgan fingerprint density at radius 1 is 1.25 bits per heavy atom. The lowest BCUT2D eigenvalue weighted by Crippen LogP contribution is -2.39. The van der Waals surface area contributed by atoms with E-state index in [-0.39, 0.29) is 0 Å². The van der Waals surface area contributed by atoms with Gasteiger partial charge in [0.05, 0.1) is 6.54 Å². The zero-order valence-electron chi connectivity index (χ0n) is 12.4. The van der Waals surface area contributed by atoms with Crippen molar-refractivity contribution in [3.63, 3.8) is 0 Å². The lowest BCUT2D eigenvalue weighted by molar-refractivity contribution is 0.322. The summed E-state index contributed by atoms with van der Waals surface area (Å²) in [4.78, 5) is 4.52. The molecule has 0 amide bonds. The van der Waals surface area contributed by atoms with Gasteiger partial charge in [-0.3, -0.25) is 4.99 Å². The molecule has 20 heavy (non-hydrogen) atoms. The van der Waals surface area contributed by atoms with Gasteiger partial charge in [-0.25, -0.2) is 0 Å². The van der Waals surface area contributed by atoms with Crippen molar-refractivity contribution in [1.82, 2.24) is 10.6 Å². The standard InChI is InChI=1S/C15H25N3OS/c1-3-16-15(17-10-7-13-20-2)18-11-12-19-14-8-5-4-6-9-14/h4-6,8-9H,3,7,10-13H2,1-2H3,(H2,16,17,18). The van der Waals surface area contributed by atoms with Gasteiger partial charge in [-0.05, 0) is 37.5 Å². The fourth-order valence-electron chi connectivity index (χ4n) is 1.60. The molecule has 0 unspecified atom stereocenters. The van der Waals surface area contributed by atoms with Gasteiger partial charge in [0.25, 0.3) is 0 Å². The molecule has 1 rings (SSSR count). The number of hydrogen-bond donors (Lipinski definition) is 2. The molecule has 0 aromatic heterocycles. The molecule has 0 aliphatic rings. The third kappa shape index (κ3) is 7.94. The predicted molar refractivity (Wildman–Crippen MR) is 88.9 cm³/mol. The first-order chi connectivity index (χ1) is 9.86. The van der Waals surface area contributed by atoms with Crippen LogP contribution in [0.2, 0.25) is 0 Å². The molecule has 1 aromatic carbocycles. The van der Waals surface area contributed by atoms with E-state index in [2.05, 4.69) is 28.8 Å². The van der Waals surface area contributed by atoms with Crippen molar-refractivity contribution in [3.8, 4) is 5.75 Å². The molecule has 4 nitrogen and oxygen atoms in total. The van der Waals surface area contributed by atoms with E-state index < -0.39 is 0 Å². The molecule has 0 bridgehead atoms. The Kier molecular flexibility index (Phi) is 9.57. The van der Waals surface area contributed by atoms with E-state index in [9.17, 15) is 0 Å². The number of hydrogen-bond acceptors (Lipinski definition) is 3. The lowest BCUT2D eigenvalue weighted by Gasteiger charge is -2.12. The molecule has 0 atom stereocenters. The van der Waals surface area contributed by atoms with Crippen molar-refractivity contribution in [2.45, 2.75) is 13.3 Å². The number of rotatable bonds is 9. The van der Waals surface area contributed by atoms with Crippen LogP contribution < -0.4 is 15.4 Å². The van der Waals surface area contributed by atoms with Gasteiger partial charge in [-0.1, -0.05) is 18.2 Å². The summed E-state index contributed by atoms with van der Waals surface area (Å²) in [5.74, 6) is 2.92. The van der Waals surface area contributed by atoms with Crippen molar-refractivity contribution >= 4 is 17.7 Å². The van der Waals surface area contributed by atoms with Gasteiger partial charge < -0.3 is 15.4 Å². The molecule has 0 aliphatic carbocycles. The highest BCUT2D eigenvalue weighted by molar-refractivity contribution is 7.98. The van der Waals surface area contributed by atoms with E-state index in [1.165, 1.54) is 0 Å². The molecule has 0 fully saturated rings. The first-order valence-electron chi connectivity index (χ1n) is 7.05. The van der Waals surface area contributed by atoms with E-state index in [4.69, 9.17) is 4.74 Å². The minimum absolute atomic E-state index is 0.624. The highest BCUT2D eigenvalue weighted by Crippen LogP contribution is 2.07. The summed E-state index contributed by atoms with van der Waals surface area (Å²) >= 11 is 1.86. The Balaban J connectivity index is 2.21. The molecule has 112 valence electrons. The van der Waals surface area contributed by atoms with Crippen LogP contribution >= 0.6 is 11.8 Å². The van der Waals surface area contributed by atoms with Crippen LogP contribution in [0.4, 0.5) is 0 Å². The Morgan fingerprint density at radius 3 is 2.75 bits per heavy atom. The molecular weight excluding hydrogens is 270 g/mol. The third-order valence-electron chi connectivity index (χ3n) is 2.53. The summed E-state index contributed by atoms with van der Waals surface area (Å²) in [5.41, 5.74) is 0. The molecule has 0 saturated heterocycles. The van der Waals surface area contributed by atoms with Gasteiger partial charge in [-0.2, -0.15) is 11.8 Å². The van der Waals surface area contributed by atoms with Crippen molar-refractivity contribution < 1.29 is 4.74 Å². The minimum Gasteiger partial charge on any atom is -0.492 e. The number of ether oxygens (including phenoxy) is 1. The van der Waals surface area contributed by atoms with Gasteiger partial charge in [0, 0.05) is 13.1 Å². The Hall–Kier alpha value is -1.36. The van der Waals surface area contributed by atoms with Gasteiger partial charge in [0.15, 0.2) is 5.96 Å². The van der Waals surface area contributed by atoms with Crippen LogP contribution in [-0.4, -0.2) is 44.2 Å². The molecule has 5 heteroatoms. The quantitative estimate of drug-likeness (QED) is 0.417. The summed E-state index contributed by atoms with van der Waals surface area (Å²) in [6.45, 7) is 5.16. The minimum atomic E-state index is 0.624. The maximum atomic E-state index is 5.63. The average Bonchev–Trinajstić information content (AvgIpc) is 2.49. The Bertz CT molecular complexity index is 371. The SMILES string of the molecule is CCNC(=NCCCSC)NCCOc1ccccc1. The molecule has 0 heterocycles. The third-order valence-corrected chi connectivity index (χ3v) is 3.22. The maximum absolute atomic E-state index is 5.63. The fourth-order valence-corrected chi connectivity index (χ4v) is 2.01. The van der Waals surface area contributed by atoms with E-state index in [1.807, 2.05) is 42.1 Å². The van der Waals surface area contributed by atoms with Gasteiger partial charge in [0.1, 0.15) is 12.4 Å². The van der Waals surface area contributed by atoms with E-state index in [0.717, 1.165) is 43.5 Å². The number of thioether (sulfide) groups is 1. The number of nitrogens with one attached hydrogen (secondary N) is 2. The maximum Gasteiger partial charge on any atom is 0.191 e. The molecule has 1 aromatic rings. The number of para-hydroxylation sites is 1. The van der Waals surface area contributed by atoms with Gasteiger partial charge in [0.2, 0.25) is 0 Å². The van der Waals surface area contributed by atoms with Crippen molar-refractivity contribution in [1.29, 1.82) is 0 Å². The Labute approximate surface area is 126 Å². The van der Waals surface area contributed by atoms with E-state index >= 15 is 0 Å². The summed E-state index contributed by atoms with van der Waals surface area (Å²) in [6.07, 6.45) is 3.23. The van der Waals surface area contributed by atoms with Crippen LogP contribution in [0.25, 0.3) is 0 Å². The summed E-state index contributed by atoms with van der Waals surface area (Å²) in [5, 5.41) is 6.51. The van der Waals surface area contributed by atoms with Crippen LogP contribution in [-0.2, 0) is 0 Å². The zero-order chi connectivity index (χ0) is 14.5. The number of aliphatic imine (C=N–C) groups is 1. The van der Waals surface area contributed by atoms with Crippen LogP contribution in [0.1, 0.15) is 13.3 Å². The van der Waals surface area contributed by atoms with Crippen LogP contribution in [0.5, 0.6) is 5.75 Å². The van der Waals surface area contributed by atoms with Gasteiger partial charge >= 0.3 is 0 Å². The van der Waals surface area contributed by atoms with Crippen LogP contribution in [0.15, 0.2) is 35.3 Å². The van der Waals surface area contributed by atoms with E-state index in [0.29, 0.717) is 6.61 Å². The second-order valence-corrected chi connectivity index (χ2v) is 5.18. The smallest absolute Gasteiger partial charge is 0.191 e. The summed E-state index contributed by atoms with van der Waals surface area (Å²) in [6, 6.07) is 9.85. The van der Waals surface area contributed by atoms with Crippen LogP contribution in [0.3, 0.4) is 0 Å². The molecule has 0 aliphatic heterocycles. The number of benzene rings is 1. The van der Waals surface area contributed by atoms with Crippen molar-refractivity contribution in [2.24, 2.45) is 4.99 Å². The lowest BCUT2D eigenvalue weighted by atomic mass is 10.3. The highest BCUT2D eigenvalue weighted by Gasteiger charge is 1.97. The van der Waals surface area contributed by atoms with Gasteiger partial charge in [-0.15, -0.1) is 0 Å². The van der Waals surface area contributed by atoms with Crippen molar-refractivity contribution in [2.75, 3.05) is 38.2 Å². The first kappa shape index (κ1) is 16.7. The normalized spacial score (nSPS) is 11.2. The predicted octanol–water partition coefficient (Wildman–Crippen LogP) is 2.37. The fraction of sp³-hybridized carbons (Fsp3) is 0.533. The Morgan fingerprint density at radius 2 is 2.05 bits per heavy atom. The highest BCUT2D eigenvalue weighted by atomic mass is 32.2. The molecule has 0 radical (unpaired) electrons. The summed E-state index contributed by atoms with van der Waals surface area (Å²) in [7, 11) is 0.